The molecule has 0 saturated heterocycles. The summed E-state index contributed by atoms with van der Waals surface area (Å²) in [5.74, 6) is 0.533. The third-order valence-electron chi connectivity index (χ3n) is 2.84. The highest BCUT2D eigenvalue weighted by Gasteiger charge is 2.13. The number of allylic oxidation sites excluding steroid dienone is 1. The first-order valence-electron chi connectivity index (χ1n) is 5.32. The van der Waals surface area contributed by atoms with Gasteiger partial charge in [-0.1, -0.05) is 32.1 Å². The normalized spacial score (nSPS) is 15.8. The molecule has 1 heterocycles. The summed E-state index contributed by atoms with van der Waals surface area (Å²) < 4.78 is 0. The summed E-state index contributed by atoms with van der Waals surface area (Å²) in [6, 6.07) is 4.38. The van der Waals surface area contributed by atoms with E-state index in [9.17, 15) is 0 Å². The van der Waals surface area contributed by atoms with Crippen molar-refractivity contribution in [3.63, 3.8) is 0 Å². The maximum atomic E-state index is 4.71. The van der Waals surface area contributed by atoms with E-state index in [4.69, 9.17) is 4.98 Å². The number of fused-ring (bicyclic) bond motifs is 1. The van der Waals surface area contributed by atoms with Crippen molar-refractivity contribution >= 4 is 0 Å². The van der Waals surface area contributed by atoms with Crippen molar-refractivity contribution in [3.8, 4) is 0 Å². The Morgan fingerprint density at radius 2 is 2.07 bits per heavy atom. The number of hydrogen-bond acceptors (Lipinski definition) is 1. The molecule has 0 amide bonds. The molecule has 0 aromatic carbocycles. The molecule has 1 nitrogen and oxygen atoms in total. The zero-order valence-corrected chi connectivity index (χ0v) is 9.01. The van der Waals surface area contributed by atoms with Crippen LogP contribution in [0.5, 0.6) is 0 Å². The second-order valence-electron chi connectivity index (χ2n) is 4.42. The topological polar surface area (TPSA) is 12.9 Å². The number of rotatable bonds is 1. The van der Waals surface area contributed by atoms with Gasteiger partial charge < -0.3 is 0 Å². The van der Waals surface area contributed by atoms with Gasteiger partial charge in [0, 0.05) is 11.4 Å². The number of aromatic nitrogens is 1. The lowest BCUT2D eigenvalue weighted by molar-refractivity contribution is 0.757. The summed E-state index contributed by atoms with van der Waals surface area (Å²) >= 11 is 0. The van der Waals surface area contributed by atoms with Crippen molar-refractivity contribution in [2.45, 2.75) is 39.0 Å². The van der Waals surface area contributed by atoms with Crippen LogP contribution in [0.2, 0.25) is 0 Å². The number of pyridine rings is 1. The fourth-order valence-corrected chi connectivity index (χ4v) is 1.90. The van der Waals surface area contributed by atoms with Crippen molar-refractivity contribution in [2.24, 2.45) is 0 Å². The Bertz CT molecular complexity index is 363. The molecule has 0 radical (unpaired) electrons. The Morgan fingerprint density at radius 1 is 1.29 bits per heavy atom. The molecule has 0 unspecified atom stereocenters. The van der Waals surface area contributed by atoms with Gasteiger partial charge in [0.1, 0.15) is 0 Å². The first kappa shape index (κ1) is 9.45. The van der Waals surface area contributed by atoms with Crippen molar-refractivity contribution in [3.05, 3.63) is 41.2 Å². The highest BCUT2D eigenvalue weighted by Crippen LogP contribution is 2.24. The summed E-state index contributed by atoms with van der Waals surface area (Å²) in [6.07, 6.45) is 3.22. The van der Waals surface area contributed by atoms with E-state index in [0.717, 1.165) is 19.3 Å². The molecule has 0 bridgehead atoms. The van der Waals surface area contributed by atoms with Gasteiger partial charge in [0.05, 0.1) is 0 Å². The van der Waals surface area contributed by atoms with Crippen molar-refractivity contribution < 1.29 is 0 Å². The molecule has 74 valence electrons. The molecular formula is C13H17N. The van der Waals surface area contributed by atoms with E-state index in [1.807, 2.05) is 0 Å². The quantitative estimate of drug-likeness (QED) is 0.615. The summed E-state index contributed by atoms with van der Waals surface area (Å²) in [6.45, 7) is 8.42. The average Bonchev–Trinajstić information content (AvgIpc) is 2.16. The van der Waals surface area contributed by atoms with E-state index in [1.54, 1.807) is 0 Å². The molecule has 0 atom stereocenters. The minimum atomic E-state index is 0.533. The van der Waals surface area contributed by atoms with Crippen LogP contribution in [0.25, 0.3) is 0 Å². The van der Waals surface area contributed by atoms with Crippen LogP contribution in [0.1, 0.15) is 43.1 Å². The third kappa shape index (κ3) is 1.72. The van der Waals surface area contributed by atoms with E-state index in [-0.39, 0.29) is 0 Å². The predicted molar refractivity (Wildman–Crippen MR) is 59.5 cm³/mol. The lowest BCUT2D eigenvalue weighted by atomic mass is 9.91. The molecule has 1 aromatic heterocycles. The standard InChI is InChI=1S/C13H17N/c1-9(2)12-7-5-11-8-10(3)4-6-13(11)14-12/h5,7,9H,3-4,6,8H2,1-2H3. The predicted octanol–water partition coefficient (Wildman–Crippen LogP) is 3.25. The van der Waals surface area contributed by atoms with Gasteiger partial charge >= 0.3 is 0 Å². The van der Waals surface area contributed by atoms with Crippen molar-refractivity contribution in [1.29, 1.82) is 0 Å². The molecule has 0 spiro atoms. The maximum absolute atomic E-state index is 4.71. The summed E-state index contributed by atoms with van der Waals surface area (Å²) in [5, 5.41) is 0. The smallest absolute Gasteiger partial charge is 0.0445 e. The van der Waals surface area contributed by atoms with Gasteiger partial charge in [0.2, 0.25) is 0 Å². The SMILES string of the molecule is C=C1CCc2nc(C(C)C)ccc2C1. The molecule has 2 rings (SSSR count). The number of hydrogen-bond donors (Lipinski definition) is 0. The lowest BCUT2D eigenvalue weighted by Crippen LogP contribution is -2.09. The minimum Gasteiger partial charge on any atom is -0.257 e. The van der Waals surface area contributed by atoms with Gasteiger partial charge in [-0.3, -0.25) is 4.98 Å². The van der Waals surface area contributed by atoms with E-state index >= 15 is 0 Å². The van der Waals surface area contributed by atoms with E-state index in [0.29, 0.717) is 5.92 Å². The van der Waals surface area contributed by atoms with Crippen LogP contribution in [0, 0.1) is 0 Å². The lowest BCUT2D eigenvalue weighted by Gasteiger charge is -2.18. The molecule has 14 heavy (non-hydrogen) atoms. The van der Waals surface area contributed by atoms with Crippen molar-refractivity contribution in [1.82, 2.24) is 4.98 Å². The third-order valence-corrected chi connectivity index (χ3v) is 2.84. The van der Waals surface area contributed by atoms with E-state index in [1.165, 1.54) is 22.5 Å². The molecule has 0 saturated carbocycles. The highest BCUT2D eigenvalue weighted by molar-refractivity contribution is 5.31. The minimum absolute atomic E-state index is 0.533. The fourth-order valence-electron chi connectivity index (χ4n) is 1.90. The molecular weight excluding hydrogens is 170 g/mol. The molecule has 1 aromatic rings. The van der Waals surface area contributed by atoms with E-state index < -0.39 is 0 Å². The van der Waals surface area contributed by atoms with Gasteiger partial charge in [-0.15, -0.1) is 0 Å². The Balaban J connectivity index is 2.36. The Labute approximate surface area is 85.9 Å². The van der Waals surface area contributed by atoms with Gasteiger partial charge in [-0.25, -0.2) is 0 Å². The molecule has 0 N–H and O–H groups in total. The first-order valence-corrected chi connectivity index (χ1v) is 5.32. The Morgan fingerprint density at radius 3 is 2.79 bits per heavy atom. The summed E-state index contributed by atoms with van der Waals surface area (Å²) in [7, 11) is 0. The summed E-state index contributed by atoms with van der Waals surface area (Å²) in [5.41, 5.74) is 5.24. The molecule has 0 fully saturated rings. The number of aryl methyl sites for hydroxylation is 1. The molecule has 1 aliphatic carbocycles. The zero-order chi connectivity index (χ0) is 10.1. The van der Waals surface area contributed by atoms with Crippen LogP contribution in [0.4, 0.5) is 0 Å². The highest BCUT2D eigenvalue weighted by atomic mass is 14.7. The van der Waals surface area contributed by atoms with Crippen LogP contribution >= 0.6 is 0 Å². The summed E-state index contributed by atoms with van der Waals surface area (Å²) in [4.78, 5) is 4.71. The van der Waals surface area contributed by atoms with Gasteiger partial charge in [-0.2, -0.15) is 0 Å². The first-order chi connectivity index (χ1) is 6.66. The Hall–Kier alpha value is -1.11. The second kappa shape index (κ2) is 3.56. The maximum Gasteiger partial charge on any atom is 0.0445 e. The van der Waals surface area contributed by atoms with Crippen LogP contribution < -0.4 is 0 Å². The molecule has 1 heteroatoms. The largest absolute Gasteiger partial charge is 0.257 e. The average molecular weight is 187 g/mol. The van der Waals surface area contributed by atoms with Crippen molar-refractivity contribution in [2.75, 3.05) is 0 Å². The van der Waals surface area contributed by atoms with E-state index in [2.05, 4.69) is 32.6 Å². The Kier molecular flexibility index (Phi) is 2.40. The monoisotopic (exact) mass is 187 g/mol. The van der Waals surface area contributed by atoms with Crippen LogP contribution in [-0.4, -0.2) is 4.98 Å². The second-order valence-corrected chi connectivity index (χ2v) is 4.42. The fraction of sp³-hybridized carbons (Fsp3) is 0.462. The molecule has 1 aliphatic rings. The zero-order valence-electron chi connectivity index (χ0n) is 9.01. The van der Waals surface area contributed by atoms with Gasteiger partial charge in [0.15, 0.2) is 0 Å². The van der Waals surface area contributed by atoms with Crippen LogP contribution in [-0.2, 0) is 12.8 Å². The van der Waals surface area contributed by atoms with Gasteiger partial charge in [0.25, 0.3) is 0 Å². The van der Waals surface area contributed by atoms with Gasteiger partial charge in [-0.05, 0) is 36.8 Å². The molecule has 0 aliphatic heterocycles. The van der Waals surface area contributed by atoms with Crippen LogP contribution in [0.3, 0.4) is 0 Å². The number of nitrogens with zero attached hydrogens (tertiary/aromatic N) is 1. The van der Waals surface area contributed by atoms with Crippen LogP contribution in [0.15, 0.2) is 24.3 Å².